The van der Waals surface area contributed by atoms with Crippen LogP contribution in [0.1, 0.15) is 10.4 Å². The monoisotopic (exact) mass is 325 g/mol. The van der Waals surface area contributed by atoms with E-state index in [-0.39, 0.29) is 10.9 Å². The van der Waals surface area contributed by atoms with Crippen LogP contribution < -0.4 is 14.8 Å². The number of nitrogens with one attached hydrogen (secondary N) is 1. The molecule has 0 spiro atoms. The van der Waals surface area contributed by atoms with Gasteiger partial charge in [0.05, 0.1) is 35.5 Å². The summed E-state index contributed by atoms with van der Waals surface area (Å²) in [5, 5.41) is 3.27. The number of ether oxygens (including phenoxy) is 2. The van der Waals surface area contributed by atoms with E-state index in [1.54, 1.807) is 43.5 Å². The van der Waals surface area contributed by atoms with E-state index in [4.69, 9.17) is 32.7 Å². The van der Waals surface area contributed by atoms with Crippen LogP contribution >= 0.6 is 23.2 Å². The van der Waals surface area contributed by atoms with Crippen molar-refractivity contribution in [3.63, 3.8) is 0 Å². The molecule has 2 rings (SSSR count). The molecule has 1 amide bonds. The number of halogens is 2. The Morgan fingerprint density at radius 3 is 2.52 bits per heavy atom. The van der Waals surface area contributed by atoms with Gasteiger partial charge in [-0.15, -0.1) is 0 Å². The third kappa shape index (κ3) is 3.40. The standard InChI is InChI=1S/C15H13Cl2NO3/c1-20-9-6-7-12(13(8-9)21-2)18-15(19)10-4-3-5-11(16)14(10)17/h3-8H,1-2H3,(H,18,19). The minimum atomic E-state index is -0.369. The Balaban J connectivity index is 2.29. The van der Waals surface area contributed by atoms with Crippen molar-refractivity contribution in [3.05, 3.63) is 52.0 Å². The summed E-state index contributed by atoms with van der Waals surface area (Å²) in [6.07, 6.45) is 0. The fourth-order valence-corrected chi connectivity index (χ4v) is 2.16. The van der Waals surface area contributed by atoms with Gasteiger partial charge in [0.2, 0.25) is 0 Å². The Labute approximate surface area is 132 Å². The maximum Gasteiger partial charge on any atom is 0.257 e. The van der Waals surface area contributed by atoms with Gasteiger partial charge in [-0.3, -0.25) is 4.79 Å². The third-order valence-electron chi connectivity index (χ3n) is 2.85. The summed E-state index contributed by atoms with van der Waals surface area (Å²) in [5.74, 6) is 0.748. The lowest BCUT2D eigenvalue weighted by atomic mass is 10.2. The summed E-state index contributed by atoms with van der Waals surface area (Å²) in [4.78, 5) is 12.3. The van der Waals surface area contributed by atoms with E-state index >= 15 is 0 Å². The quantitative estimate of drug-likeness (QED) is 0.913. The zero-order valence-electron chi connectivity index (χ0n) is 11.4. The summed E-state index contributed by atoms with van der Waals surface area (Å²) in [7, 11) is 3.07. The first kappa shape index (κ1) is 15.5. The van der Waals surface area contributed by atoms with Crippen molar-refractivity contribution in [2.75, 3.05) is 19.5 Å². The minimum absolute atomic E-state index is 0.212. The molecule has 0 atom stereocenters. The number of anilines is 1. The fraction of sp³-hybridized carbons (Fsp3) is 0.133. The predicted molar refractivity (Wildman–Crippen MR) is 84.0 cm³/mol. The Hall–Kier alpha value is -1.91. The SMILES string of the molecule is COc1ccc(NC(=O)c2cccc(Cl)c2Cl)c(OC)c1. The predicted octanol–water partition coefficient (Wildman–Crippen LogP) is 4.26. The van der Waals surface area contributed by atoms with E-state index in [1.165, 1.54) is 7.11 Å². The molecule has 2 aromatic carbocycles. The number of hydrogen-bond donors (Lipinski definition) is 1. The summed E-state index contributed by atoms with van der Waals surface area (Å²) >= 11 is 11.9. The molecule has 6 heteroatoms. The van der Waals surface area contributed by atoms with Gasteiger partial charge in [-0.05, 0) is 24.3 Å². The largest absolute Gasteiger partial charge is 0.497 e. The first-order valence-electron chi connectivity index (χ1n) is 6.04. The molecule has 0 aliphatic heterocycles. The van der Waals surface area contributed by atoms with Gasteiger partial charge in [0.15, 0.2) is 0 Å². The van der Waals surface area contributed by atoms with Crippen LogP contribution in [-0.2, 0) is 0 Å². The maximum atomic E-state index is 12.3. The van der Waals surface area contributed by atoms with Crippen LogP contribution in [0.15, 0.2) is 36.4 Å². The van der Waals surface area contributed by atoms with E-state index in [0.717, 1.165) is 0 Å². The van der Waals surface area contributed by atoms with Gasteiger partial charge in [0.25, 0.3) is 5.91 Å². The van der Waals surface area contributed by atoms with Crippen LogP contribution in [0, 0.1) is 0 Å². The second-order valence-electron chi connectivity index (χ2n) is 4.12. The van der Waals surface area contributed by atoms with Crippen molar-refractivity contribution in [1.29, 1.82) is 0 Å². The van der Waals surface area contributed by atoms with Crippen LogP contribution in [0.25, 0.3) is 0 Å². The second-order valence-corrected chi connectivity index (χ2v) is 4.91. The number of rotatable bonds is 4. The van der Waals surface area contributed by atoms with Crippen LogP contribution in [0.2, 0.25) is 10.0 Å². The molecule has 0 saturated heterocycles. The molecule has 0 fully saturated rings. The lowest BCUT2D eigenvalue weighted by Gasteiger charge is -2.12. The minimum Gasteiger partial charge on any atom is -0.497 e. The number of methoxy groups -OCH3 is 2. The highest BCUT2D eigenvalue weighted by Gasteiger charge is 2.15. The summed E-state index contributed by atoms with van der Waals surface area (Å²) in [6, 6.07) is 9.96. The van der Waals surface area contributed by atoms with Crippen LogP contribution in [0.5, 0.6) is 11.5 Å². The number of benzene rings is 2. The third-order valence-corrected chi connectivity index (χ3v) is 3.67. The van der Waals surface area contributed by atoms with E-state index in [9.17, 15) is 4.79 Å². The molecular weight excluding hydrogens is 313 g/mol. The number of amides is 1. The molecule has 4 nitrogen and oxygen atoms in total. The highest BCUT2D eigenvalue weighted by atomic mass is 35.5. The van der Waals surface area contributed by atoms with Gasteiger partial charge < -0.3 is 14.8 Å². The molecule has 0 radical (unpaired) electrons. The maximum absolute atomic E-state index is 12.3. The summed E-state index contributed by atoms with van der Waals surface area (Å²) in [6.45, 7) is 0. The number of carbonyl (C=O) groups is 1. The Kier molecular flexibility index (Phi) is 4.94. The van der Waals surface area contributed by atoms with Crippen LogP contribution in [0.4, 0.5) is 5.69 Å². The molecule has 21 heavy (non-hydrogen) atoms. The van der Waals surface area contributed by atoms with Crippen molar-refractivity contribution in [3.8, 4) is 11.5 Å². The molecule has 0 aromatic heterocycles. The highest BCUT2D eigenvalue weighted by molar-refractivity contribution is 6.44. The zero-order chi connectivity index (χ0) is 15.4. The molecule has 0 aliphatic carbocycles. The van der Waals surface area contributed by atoms with Gasteiger partial charge >= 0.3 is 0 Å². The number of hydrogen-bond acceptors (Lipinski definition) is 3. The normalized spacial score (nSPS) is 10.1. The molecule has 110 valence electrons. The van der Waals surface area contributed by atoms with Gasteiger partial charge in [-0.2, -0.15) is 0 Å². The smallest absolute Gasteiger partial charge is 0.257 e. The van der Waals surface area contributed by atoms with Crippen molar-refractivity contribution in [2.24, 2.45) is 0 Å². The van der Waals surface area contributed by atoms with Crippen molar-refractivity contribution < 1.29 is 14.3 Å². The van der Waals surface area contributed by atoms with E-state index in [1.807, 2.05) is 0 Å². The van der Waals surface area contributed by atoms with Crippen molar-refractivity contribution in [2.45, 2.75) is 0 Å². The Morgan fingerprint density at radius 1 is 1.10 bits per heavy atom. The van der Waals surface area contributed by atoms with Gasteiger partial charge in [-0.1, -0.05) is 29.3 Å². The molecular formula is C15H13Cl2NO3. The van der Waals surface area contributed by atoms with Crippen LogP contribution in [0.3, 0.4) is 0 Å². The van der Waals surface area contributed by atoms with Gasteiger partial charge in [-0.25, -0.2) is 0 Å². The Bertz CT molecular complexity index is 674. The van der Waals surface area contributed by atoms with Crippen molar-refractivity contribution in [1.82, 2.24) is 0 Å². The molecule has 1 N–H and O–H groups in total. The molecule has 2 aromatic rings. The van der Waals surface area contributed by atoms with E-state index < -0.39 is 0 Å². The van der Waals surface area contributed by atoms with E-state index in [2.05, 4.69) is 5.32 Å². The summed E-state index contributed by atoms with van der Waals surface area (Å²) in [5.41, 5.74) is 0.807. The first-order valence-corrected chi connectivity index (χ1v) is 6.79. The second kappa shape index (κ2) is 6.70. The summed E-state index contributed by atoms with van der Waals surface area (Å²) < 4.78 is 10.3. The average molecular weight is 326 g/mol. The molecule has 0 saturated carbocycles. The Morgan fingerprint density at radius 2 is 1.86 bits per heavy atom. The average Bonchev–Trinajstić information content (AvgIpc) is 2.50. The molecule has 0 heterocycles. The topological polar surface area (TPSA) is 47.6 Å². The fourth-order valence-electron chi connectivity index (χ4n) is 1.77. The first-order chi connectivity index (χ1) is 10.1. The molecule has 0 unspecified atom stereocenters. The van der Waals surface area contributed by atoms with E-state index in [0.29, 0.717) is 27.8 Å². The van der Waals surface area contributed by atoms with Gasteiger partial charge in [0.1, 0.15) is 11.5 Å². The highest BCUT2D eigenvalue weighted by Crippen LogP contribution is 2.31. The van der Waals surface area contributed by atoms with Gasteiger partial charge in [0, 0.05) is 6.07 Å². The number of carbonyl (C=O) groups excluding carboxylic acids is 1. The zero-order valence-corrected chi connectivity index (χ0v) is 13.0. The van der Waals surface area contributed by atoms with Crippen molar-refractivity contribution >= 4 is 34.8 Å². The van der Waals surface area contributed by atoms with Crippen LogP contribution in [-0.4, -0.2) is 20.1 Å². The lowest BCUT2D eigenvalue weighted by molar-refractivity contribution is 0.102. The molecule has 0 bridgehead atoms. The molecule has 0 aliphatic rings. The lowest BCUT2D eigenvalue weighted by Crippen LogP contribution is -2.13.